The van der Waals surface area contributed by atoms with E-state index in [1.807, 2.05) is 12.1 Å². The summed E-state index contributed by atoms with van der Waals surface area (Å²) in [5, 5.41) is 0. The summed E-state index contributed by atoms with van der Waals surface area (Å²) in [5.41, 5.74) is 1.61. The van der Waals surface area contributed by atoms with Crippen LogP contribution in [-0.2, 0) is 5.41 Å². The lowest BCUT2D eigenvalue weighted by Gasteiger charge is -2.16. The van der Waals surface area contributed by atoms with Gasteiger partial charge in [0, 0.05) is 28.3 Å². The van der Waals surface area contributed by atoms with Crippen LogP contribution in [0.5, 0.6) is 0 Å². The third-order valence-electron chi connectivity index (χ3n) is 4.22. The molecule has 0 aliphatic carbocycles. The van der Waals surface area contributed by atoms with Crippen molar-refractivity contribution in [3.63, 3.8) is 0 Å². The maximum absolute atomic E-state index is 13.3. The summed E-state index contributed by atoms with van der Waals surface area (Å²) in [7, 11) is 0. The van der Waals surface area contributed by atoms with Crippen LogP contribution in [0.1, 0.15) is 42.4 Å². The molecule has 2 aromatic rings. The number of hydrogen-bond donors (Lipinski definition) is 0. The fraction of sp³-hybridized carbons (Fsp3) is 0.421. The highest BCUT2D eigenvalue weighted by atomic mass is 32.1. The summed E-state index contributed by atoms with van der Waals surface area (Å²) >= 11 is 1.74. The second kappa shape index (κ2) is 5.96. The van der Waals surface area contributed by atoms with E-state index < -0.39 is 12.5 Å². The zero-order valence-electron chi connectivity index (χ0n) is 14.1. The number of likely N-dealkylation sites (tertiary alicyclic amines) is 1. The standard InChI is InChI=1S/C19H21F2NOS/c1-18(2,3)16-9-8-15(24-16)13-4-6-14(7-5-13)17(23)22-11-10-19(20,21)12-22/h4-9H,10-12H2,1-3H3. The maximum atomic E-state index is 13.3. The largest absolute Gasteiger partial charge is 0.332 e. The van der Waals surface area contributed by atoms with Gasteiger partial charge in [0.1, 0.15) is 0 Å². The lowest BCUT2D eigenvalue weighted by atomic mass is 9.95. The first-order chi connectivity index (χ1) is 11.2. The number of benzene rings is 1. The molecule has 0 spiro atoms. The van der Waals surface area contributed by atoms with Crippen LogP contribution in [0.15, 0.2) is 36.4 Å². The van der Waals surface area contributed by atoms with Crippen molar-refractivity contribution in [3.8, 4) is 10.4 Å². The van der Waals surface area contributed by atoms with E-state index in [-0.39, 0.29) is 24.3 Å². The fourth-order valence-electron chi connectivity index (χ4n) is 2.76. The summed E-state index contributed by atoms with van der Waals surface area (Å²) in [6.07, 6.45) is -0.248. The van der Waals surface area contributed by atoms with Crippen molar-refractivity contribution in [2.75, 3.05) is 13.1 Å². The van der Waals surface area contributed by atoms with Crippen LogP contribution in [0.25, 0.3) is 10.4 Å². The molecular weight excluding hydrogens is 328 g/mol. The molecule has 0 unspecified atom stereocenters. The predicted octanol–water partition coefficient (Wildman–Crippen LogP) is 5.19. The van der Waals surface area contributed by atoms with E-state index >= 15 is 0 Å². The average Bonchev–Trinajstić information content (AvgIpc) is 3.13. The minimum absolute atomic E-state index is 0.111. The molecule has 0 radical (unpaired) electrons. The highest BCUT2D eigenvalue weighted by Gasteiger charge is 2.40. The van der Waals surface area contributed by atoms with Gasteiger partial charge < -0.3 is 4.90 Å². The Hall–Kier alpha value is -1.75. The van der Waals surface area contributed by atoms with Gasteiger partial charge in [-0.25, -0.2) is 8.78 Å². The van der Waals surface area contributed by atoms with Gasteiger partial charge in [0.25, 0.3) is 11.8 Å². The summed E-state index contributed by atoms with van der Waals surface area (Å²) in [4.78, 5) is 16.0. The van der Waals surface area contributed by atoms with Crippen molar-refractivity contribution in [2.24, 2.45) is 0 Å². The third-order valence-corrected chi connectivity index (χ3v) is 5.78. The molecule has 3 rings (SSSR count). The summed E-state index contributed by atoms with van der Waals surface area (Å²) in [5.74, 6) is -3.07. The minimum Gasteiger partial charge on any atom is -0.332 e. The molecule has 2 heterocycles. The number of thiophene rings is 1. The Morgan fingerprint density at radius 2 is 1.79 bits per heavy atom. The first-order valence-electron chi connectivity index (χ1n) is 8.04. The van der Waals surface area contributed by atoms with Crippen LogP contribution in [0, 0.1) is 0 Å². The highest BCUT2D eigenvalue weighted by molar-refractivity contribution is 7.15. The van der Waals surface area contributed by atoms with E-state index in [0.717, 1.165) is 10.4 Å². The van der Waals surface area contributed by atoms with Gasteiger partial charge in [-0.15, -0.1) is 11.3 Å². The zero-order chi connectivity index (χ0) is 17.5. The van der Waals surface area contributed by atoms with Gasteiger partial charge in [0.15, 0.2) is 0 Å². The number of halogens is 2. The van der Waals surface area contributed by atoms with Gasteiger partial charge in [-0.05, 0) is 35.2 Å². The number of rotatable bonds is 2. The molecule has 0 atom stereocenters. The molecule has 1 fully saturated rings. The van der Waals surface area contributed by atoms with Gasteiger partial charge in [-0.1, -0.05) is 32.9 Å². The Kier molecular flexibility index (Phi) is 4.24. The van der Waals surface area contributed by atoms with Crippen LogP contribution in [-0.4, -0.2) is 29.8 Å². The van der Waals surface area contributed by atoms with Crippen LogP contribution in [0.3, 0.4) is 0 Å². The first-order valence-corrected chi connectivity index (χ1v) is 8.85. The zero-order valence-corrected chi connectivity index (χ0v) is 14.9. The number of carbonyl (C=O) groups is 1. The molecule has 1 aliphatic rings. The molecule has 1 aliphatic heterocycles. The summed E-state index contributed by atoms with van der Waals surface area (Å²) in [6, 6.07) is 11.4. The fourth-order valence-corrected chi connectivity index (χ4v) is 3.83. The quantitative estimate of drug-likeness (QED) is 0.730. The summed E-state index contributed by atoms with van der Waals surface area (Å²) in [6.45, 7) is 6.17. The molecule has 2 nitrogen and oxygen atoms in total. The van der Waals surface area contributed by atoms with Crippen LogP contribution in [0.2, 0.25) is 0 Å². The Morgan fingerprint density at radius 1 is 1.12 bits per heavy atom. The molecule has 5 heteroatoms. The molecule has 24 heavy (non-hydrogen) atoms. The van der Waals surface area contributed by atoms with Crippen molar-refractivity contribution >= 4 is 17.2 Å². The summed E-state index contributed by atoms with van der Waals surface area (Å²) < 4.78 is 26.5. The highest BCUT2D eigenvalue weighted by Crippen LogP contribution is 2.35. The third kappa shape index (κ3) is 3.51. The van der Waals surface area contributed by atoms with Gasteiger partial charge in [-0.3, -0.25) is 4.79 Å². The van der Waals surface area contributed by atoms with Gasteiger partial charge in [0.2, 0.25) is 0 Å². The second-order valence-electron chi connectivity index (χ2n) is 7.32. The topological polar surface area (TPSA) is 20.3 Å². The van der Waals surface area contributed by atoms with Gasteiger partial charge in [0.05, 0.1) is 6.54 Å². The lowest BCUT2D eigenvalue weighted by Crippen LogP contribution is -2.31. The van der Waals surface area contributed by atoms with E-state index in [2.05, 4.69) is 32.9 Å². The van der Waals surface area contributed by atoms with Crippen LogP contribution in [0.4, 0.5) is 8.78 Å². The Labute approximate surface area is 145 Å². The predicted molar refractivity (Wildman–Crippen MR) is 93.9 cm³/mol. The number of alkyl halides is 2. The number of amides is 1. The number of hydrogen-bond acceptors (Lipinski definition) is 2. The minimum atomic E-state index is -2.75. The Morgan fingerprint density at radius 3 is 2.29 bits per heavy atom. The number of nitrogens with zero attached hydrogens (tertiary/aromatic N) is 1. The van der Waals surface area contributed by atoms with E-state index in [9.17, 15) is 13.6 Å². The molecule has 0 bridgehead atoms. The van der Waals surface area contributed by atoms with Gasteiger partial charge >= 0.3 is 0 Å². The van der Waals surface area contributed by atoms with Crippen LogP contribution < -0.4 is 0 Å². The average molecular weight is 349 g/mol. The lowest BCUT2D eigenvalue weighted by molar-refractivity contribution is 0.0120. The molecule has 1 aromatic heterocycles. The molecule has 1 saturated heterocycles. The smallest absolute Gasteiger partial charge is 0.267 e. The van der Waals surface area contributed by atoms with Crippen LogP contribution >= 0.6 is 11.3 Å². The van der Waals surface area contributed by atoms with Crippen molar-refractivity contribution in [2.45, 2.75) is 38.5 Å². The Bertz CT molecular complexity index is 743. The van der Waals surface area contributed by atoms with Gasteiger partial charge in [-0.2, -0.15) is 0 Å². The van der Waals surface area contributed by atoms with Crippen molar-refractivity contribution in [1.29, 1.82) is 0 Å². The van der Waals surface area contributed by atoms with Crippen molar-refractivity contribution in [1.82, 2.24) is 4.90 Å². The normalized spacial score (nSPS) is 17.3. The maximum Gasteiger partial charge on any atom is 0.267 e. The SMILES string of the molecule is CC(C)(C)c1ccc(-c2ccc(C(=O)N3CCC(F)(F)C3)cc2)s1. The first kappa shape index (κ1) is 17.1. The monoisotopic (exact) mass is 349 g/mol. The Balaban J connectivity index is 1.76. The second-order valence-corrected chi connectivity index (χ2v) is 8.41. The van der Waals surface area contributed by atoms with Crippen molar-refractivity contribution < 1.29 is 13.6 Å². The number of carbonyl (C=O) groups excluding carboxylic acids is 1. The molecule has 0 N–H and O–H groups in total. The van der Waals surface area contributed by atoms with E-state index in [1.54, 1.807) is 23.5 Å². The molecule has 0 saturated carbocycles. The molecular formula is C19H21F2NOS. The molecule has 1 aromatic carbocycles. The molecule has 128 valence electrons. The van der Waals surface area contributed by atoms with E-state index in [1.165, 1.54) is 9.78 Å². The van der Waals surface area contributed by atoms with Crippen molar-refractivity contribution in [3.05, 3.63) is 46.8 Å². The van der Waals surface area contributed by atoms with E-state index in [4.69, 9.17) is 0 Å². The molecule has 1 amide bonds. The van der Waals surface area contributed by atoms with E-state index in [0.29, 0.717) is 5.56 Å².